The molecule has 0 radical (unpaired) electrons. The number of H-pyrrole nitrogens is 1. The van der Waals surface area contributed by atoms with Crippen LogP contribution in [0.2, 0.25) is 0 Å². The minimum atomic E-state index is 0.167. The molecule has 5 nitrogen and oxygen atoms in total. The smallest absolute Gasteiger partial charge is 0.216 e. The van der Waals surface area contributed by atoms with Crippen LogP contribution in [0.4, 0.5) is 0 Å². The second-order valence-electron chi connectivity index (χ2n) is 5.94. The molecule has 0 saturated heterocycles. The summed E-state index contributed by atoms with van der Waals surface area (Å²) in [7, 11) is 0. The molecule has 4 aromatic rings. The number of aromatic hydroxyl groups is 1. The first kappa shape index (κ1) is 16.2. The summed E-state index contributed by atoms with van der Waals surface area (Å²) in [6, 6.07) is 19.3. The molecule has 0 aliphatic heterocycles. The summed E-state index contributed by atoms with van der Waals surface area (Å²) in [6.45, 7) is 2.01. The monoisotopic (exact) mass is 360 g/mol. The van der Waals surface area contributed by atoms with E-state index in [9.17, 15) is 5.11 Å². The van der Waals surface area contributed by atoms with Gasteiger partial charge in [0.25, 0.3) is 0 Å². The molecule has 1 heterocycles. The lowest BCUT2D eigenvalue weighted by molar-refractivity contribution is 0.475. The van der Waals surface area contributed by atoms with Gasteiger partial charge in [-0.3, -0.25) is 0 Å². The first-order valence-electron chi connectivity index (χ1n) is 8.13. The van der Waals surface area contributed by atoms with E-state index in [1.165, 1.54) is 0 Å². The van der Waals surface area contributed by atoms with Crippen molar-refractivity contribution in [1.29, 1.82) is 0 Å². The van der Waals surface area contributed by atoms with E-state index >= 15 is 0 Å². The zero-order valence-electron chi connectivity index (χ0n) is 14.0. The Bertz CT molecular complexity index is 1190. The molecule has 3 aromatic carbocycles. The highest BCUT2D eigenvalue weighted by molar-refractivity contribution is 7.71. The lowest BCUT2D eigenvalue weighted by atomic mass is 10.0. The maximum atomic E-state index is 10.3. The van der Waals surface area contributed by atoms with Crippen LogP contribution in [0.15, 0.2) is 65.8 Å². The van der Waals surface area contributed by atoms with Gasteiger partial charge in [0.2, 0.25) is 4.77 Å². The first-order valence-corrected chi connectivity index (χ1v) is 8.54. The number of aromatic nitrogens is 3. The molecular formula is C20H16N4OS. The number of nitrogens with zero attached hydrogens (tertiary/aromatic N) is 3. The lowest BCUT2D eigenvalue weighted by Crippen LogP contribution is -1.97. The van der Waals surface area contributed by atoms with Crippen LogP contribution in [0.5, 0.6) is 5.75 Å². The lowest BCUT2D eigenvalue weighted by Gasteiger charge is -2.06. The molecule has 0 aliphatic rings. The Morgan fingerprint density at radius 1 is 1.08 bits per heavy atom. The standard InChI is InChI=1S/C20H16N4OS/c1-13-6-2-4-8-15(13)19-22-23-20(26)24(19)21-12-17-16-9-5-3-7-14(16)10-11-18(17)25/h2-12,25H,1H3,(H,23,26)/b21-12+. The van der Waals surface area contributed by atoms with E-state index < -0.39 is 0 Å². The van der Waals surface area contributed by atoms with Gasteiger partial charge in [0.05, 0.1) is 6.21 Å². The van der Waals surface area contributed by atoms with Crippen molar-refractivity contribution < 1.29 is 5.11 Å². The van der Waals surface area contributed by atoms with Crippen molar-refractivity contribution in [2.45, 2.75) is 6.92 Å². The number of nitrogens with one attached hydrogen (secondary N) is 1. The van der Waals surface area contributed by atoms with Gasteiger partial charge in [0.1, 0.15) is 5.75 Å². The van der Waals surface area contributed by atoms with Gasteiger partial charge >= 0.3 is 0 Å². The average Bonchev–Trinajstić information content (AvgIpc) is 3.02. The Balaban J connectivity index is 1.85. The van der Waals surface area contributed by atoms with Gasteiger partial charge in [0.15, 0.2) is 5.82 Å². The van der Waals surface area contributed by atoms with Gasteiger partial charge in [-0.2, -0.15) is 14.9 Å². The summed E-state index contributed by atoms with van der Waals surface area (Å²) in [5, 5.41) is 23.8. The Morgan fingerprint density at radius 2 is 1.85 bits per heavy atom. The van der Waals surface area contributed by atoms with Crippen molar-refractivity contribution in [2.75, 3.05) is 0 Å². The van der Waals surface area contributed by atoms with Crippen LogP contribution in [0, 0.1) is 11.7 Å². The van der Waals surface area contributed by atoms with Gasteiger partial charge in [-0.15, -0.1) is 0 Å². The van der Waals surface area contributed by atoms with E-state index in [0.29, 0.717) is 16.2 Å². The maximum Gasteiger partial charge on any atom is 0.216 e. The van der Waals surface area contributed by atoms with E-state index in [-0.39, 0.29) is 5.75 Å². The third-order valence-electron chi connectivity index (χ3n) is 4.29. The van der Waals surface area contributed by atoms with Gasteiger partial charge in [-0.05, 0) is 41.5 Å². The molecule has 0 saturated carbocycles. The number of aryl methyl sites for hydroxylation is 1. The third-order valence-corrected chi connectivity index (χ3v) is 4.55. The van der Waals surface area contributed by atoms with E-state index in [1.54, 1.807) is 17.0 Å². The van der Waals surface area contributed by atoms with Crippen molar-refractivity contribution in [3.05, 3.63) is 76.6 Å². The molecule has 0 unspecified atom stereocenters. The molecular weight excluding hydrogens is 344 g/mol. The molecule has 26 heavy (non-hydrogen) atoms. The van der Waals surface area contributed by atoms with Gasteiger partial charge in [-0.1, -0.05) is 54.6 Å². The Hall–Kier alpha value is -3.25. The van der Waals surface area contributed by atoms with Gasteiger partial charge in [0, 0.05) is 11.1 Å². The van der Waals surface area contributed by atoms with E-state index in [1.807, 2.05) is 61.5 Å². The number of fused-ring (bicyclic) bond motifs is 1. The number of phenolic OH excluding ortho intramolecular Hbond substituents is 1. The summed E-state index contributed by atoms with van der Waals surface area (Å²) < 4.78 is 1.96. The normalized spacial score (nSPS) is 11.4. The van der Waals surface area contributed by atoms with Crippen LogP contribution in [-0.4, -0.2) is 26.2 Å². The topological polar surface area (TPSA) is 66.2 Å². The minimum absolute atomic E-state index is 0.167. The maximum absolute atomic E-state index is 10.3. The highest BCUT2D eigenvalue weighted by atomic mass is 32.1. The second-order valence-corrected chi connectivity index (χ2v) is 6.33. The van der Waals surface area contributed by atoms with E-state index in [0.717, 1.165) is 21.9 Å². The third kappa shape index (κ3) is 2.80. The molecule has 0 amide bonds. The largest absolute Gasteiger partial charge is 0.507 e. The molecule has 0 aliphatic carbocycles. The minimum Gasteiger partial charge on any atom is -0.507 e. The van der Waals surface area contributed by atoms with Crippen LogP contribution in [-0.2, 0) is 0 Å². The summed E-state index contributed by atoms with van der Waals surface area (Å²) in [4.78, 5) is 0. The number of aromatic amines is 1. The molecule has 6 heteroatoms. The summed E-state index contributed by atoms with van der Waals surface area (Å²) >= 11 is 5.33. The fourth-order valence-electron chi connectivity index (χ4n) is 2.93. The van der Waals surface area contributed by atoms with Crippen molar-refractivity contribution in [1.82, 2.24) is 14.9 Å². The van der Waals surface area contributed by atoms with Crippen LogP contribution < -0.4 is 0 Å². The zero-order chi connectivity index (χ0) is 18.1. The fraction of sp³-hybridized carbons (Fsp3) is 0.0500. The Morgan fingerprint density at radius 3 is 2.69 bits per heavy atom. The molecule has 128 valence electrons. The second kappa shape index (κ2) is 6.57. The van der Waals surface area contributed by atoms with Crippen LogP contribution >= 0.6 is 12.2 Å². The zero-order valence-corrected chi connectivity index (χ0v) is 14.9. The number of benzene rings is 3. The highest BCUT2D eigenvalue weighted by Crippen LogP contribution is 2.26. The van der Waals surface area contributed by atoms with Crippen LogP contribution in [0.3, 0.4) is 0 Å². The predicted octanol–water partition coefficient (Wildman–Crippen LogP) is 4.66. The van der Waals surface area contributed by atoms with Crippen molar-refractivity contribution in [2.24, 2.45) is 5.10 Å². The van der Waals surface area contributed by atoms with Crippen LogP contribution in [0.25, 0.3) is 22.2 Å². The summed E-state index contributed by atoms with van der Waals surface area (Å²) in [5.74, 6) is 0.795. The van der Waals surface area contributed by atoms with Crippen LogP contribution in [0.1, 0.15) is 11.1 Å². The number of hydrogen-bond donors (Lipinski definition) is 2. The molecule has 0 atom stereocenters. The summed E-state index contributed by atoms with van der Waals surface area (Å²) in [5.41, 5.74) is 2.66. The quantitative estimate of drug-likeness (QED) is 0.413. The molecule has 0 spiro atoms. The number of phenols is 1. The van der Waals surface area contributed by atoms with Crippen molar-refractivity contribution in [3.63, 3.8) is 0 Å². The molecule has 2 N–H and O–H groups in total. The van der Waals surface area contributed by atoms with Crippen molar-refractivity contribution >= 4 is 29.2 Å². The highest BCUT2D eigenvalue weighted by Gasteiger charge is 2.11. The van der Waals surface area contributed by atoms with Gasteiger partial charge < -0.3 is 5.11 Å². The molecule has 4 rings (SSSR count). The molecule has 0 fully saturated rings. The van der Waals surface area contributed by atoms with E-state index in [4.69, 9.17) is 12.2 Å². The summed E-state index contributed by atoms with van der Waals surface area (Å²) in [6.07, 6.45) is 1.62. The first-order chi connectivity index (χ1) is 12.6. The van der Waals surface area contributed by atoms with Crippen molar-refractivity contribution in [3.8, 4) is 17.1 Å². The molecule has 0 bridgehead atoms. The van der Waals surface area contributed by atoms with E-state index in [2.05, 4.69) is 15.3 Å². The molecule has 1 aromatic heterocycles. The predicted molar refractivity (Wildman–Crippen MR) is 106 cm³/mol. The Kier molecular flexibility index (Phi) is 4.10. The average molecular weight is 360 g/mol. The number of hydrogen-bond acceptors (Lipinski definition) is 4. The Labute approximate surface area is 155 Å². The number of rotatable bonds is 3. The fourth-order valence-corrected chi connectivity index (χ4v) is 3.11. The SMILES string of the molecule is Cc1ccccc1-c1n[nH]c(=S)n1/N=C/c1c(O)ccc2ccccc12. The van der Waals surface area contributed by atoms with Gasteiger partial charge in [-0.25, -0.2) is 5.10 Å².